The molecule has 1 rings (SSSR count). The Kier molecular flexibility index (Phi) is 20.5. The number of hydrogen-bond acceptors (Lipinski definition) is 2. The lowest BCUT2D eigenvalue weighted by Gasteiger charge is -2.04. The van der Waals surface area contributed by atoms with Crippen LogP contribution in [0.25, 0.3) is 6.08 Å². The van der Waals surface area contributed by atoms with E-state index in [4.69, 9.17) is 5.11 Å². The topological polar surface area (TPSA) is 57.5 Å². The number of benzene rings is 1. The molecule has 0 bridgehead atoms. The molecule has 0 spiro atoms. The molecule has 0 saturated heterocycles. The highest BCUT2D eigenvalue weighted by Crippen LogP contribution is 2.16. The number of phenolic OH excluding ortho intramolecular Hbond substituents is 1. The van der Waals surface area contributed by atoms with Gasteiger partial charge in [0.05, 0.1) is 0 Å². The summed E-state index contributed by atoms with van der Waals surface area (Å²) in [4.78, 5) is 10.4. The van der Waals surface area contributed by atoms with Crippen molar-refractivity contribution in [3.63, 3.8) is 0 Å². The van der Waals surface area contributed by atoms with Crippen LogP contribution >= 0.6 is 0 Å². The molecule has 3 heteroatoms. The summed E-state index contributed by atoms with van der Waals surface area (Å²) >= 11 is 0. The molecule has 0 aliphatic carbocycles. The molecular weight excluding hydrogens is 420 g/mol. The molecule has 3 nitrogen and oxygen atoms in total. The molecule has 0 radical (unpaired) electrons. The third-order valence-electron chi connectivity index (χ3n) is 6.71. The van der Waals surface area contributed by atoms with E-state index in [0.29, 0.717) is 12.2 Å². The molecule has 1 aromatic carbocycles. The zero-order chi connectivity index (χ0) is 24.5. The minimum atomic E-state index is -0.657. The van der Waals surface area contributed by atoms with Crippen LogP contribution in [0.15, 0.2) is 30.3 Å². The van der Waals surface area contributed by atoms with Crippen LogP contribution in [-0.2, 0) is 4.79 Å². The van der Waals surface area contributed by atoms with Crippen LogP contribution in [0.2, 0.25) is 0 Å². The number of carbonyl (C=O) groups is 1. The van der Waals surface area contributed by atoms with Crippen LogP contribution in [0.5, 0.6) is 5.75 Å². The molecule has 1 aromatic rings. The molecule has 0 aromatic heterocycles. The van der Waals surface area contributed by atoms with Gasteiger partial charge in [-0.2, -0.15) is 0 Å². The van der Waals surface area contributed by atoms with E-state index in [0.717, 1.165) is 24.8 Å². The molecule has 34 heavy (non-hydrogen) atoms. The van der Waals surface area contributed by atoms with Crippen molar-refractivity contribution < 1.29 is 15.0 Å². The molecule has 0 heterocycles. The van der Waals surface area contributed by atoms with Gasteiger partial charge in [-0.05, 0) is 37.0 Å². The van der Waals surface area contributed by atoms with Crippen molar-refractivity contribution in [2.45, 2.75) is 141 Å². The number of allylic oxidation sites excluding steroid dienone is 1. The standard InChI is InChI=1S/C31H52O3/c32-30-27-25-29(26-28-30)23-21-19-17-15-13-11-9-7-5-3-1-2-4-6-8-10-12-14-16-18-20-22-24-31(33)34/h21,23,25-28,32H,1-20,22,24H2,(H,33,34)/b23-21+. The lowest BCUT2D eigenvalue weighted by Crippen LogP contribution is -1.93. The lowest BCUT2D eigenvalue weighted by atomic mass is 10.0. The maximum atomic E-state index is 10.4. The summed E-state index contributed by atoms with van der Waals surface area (Å²) in [7, 11) is 0. The quantitative estimate of drug-likeness (QED) is 0.147. The molecule has 0 atom stereocenters. The van der Waals surface area contributed by atoms with Crippen LogP contribution in [0, 0.1) is 0 Å². The van der Waals surface area contributed by atoms with Crippen molar-refractivity contribution in [3.8, 4) is 5.75 Å². The van der Waals surface area contributed by atoms with E-state index in [-0.39, 0.29) is 0 Å². The first-order valence-electron chi connectivity index (χ1n) is 14.4. The minimum absolute atomic E-state index is 0.329. The summed E-state index contributed by atoms with van der Waals surface area (Å²) in [5.41, 5.74) is 1.16. The predicted octanol–water partition coefficient (Wildman–Crippen LogP) is 10.1. The maximum Gasteiger partial charge on any atom is 0.303 e. The van der Waals surface area contributed by atoms with Crippen LogP contribution in [0.1, 0.15) is 147 Å². The molecule has 0 aliphatic heterocycles. The van der Waals surface area contributed by atoms with Gasteiger partial charge in [-0.15, -0.1) is 0 Å². The molecule has 0 fully saturated rings. The van der Waals surface area contributed by atoms with Gasteiger partial charge < -0.3 is 10.2 Å². The fraction of sp³-hybridized carbons (Fsp3) is 0.710. The number of hydrogen-bond donors (Lipinski definition) is 2. The number of carboxylic acids is 1. The average Bonchev–Trinajstić information content (AvgIpc) is 2.82. The van der Waals surface area contributed by atoms with Crippen molar-refractivity contribution in [2.24, 2.45) is 0 Å². The first-order chi connectivity index (χ1) is 16.7. The Morgan fingerprint density at radius 2 is 0.912 bits per heavy atom. The highest BCUT2D eigenvalue weighted by molar-refractivity contribution is 5.66. The third kappa shape index (κ3) is 20.8. The molecular formula is C31H52O3. The molecule has 194 valence electrons. The number of unbranched alkanes of at least 4 members (excludes halogenated alkanes) is 20. The van der Waals surface area contributed by atoms with E-state index in [2.05, 4.69) is 12.2 Å². The number of phenols is 1. The fourth-order valence-corrected chi connectivity index (χ4v) is 4.53. The Bertz CT molecular complexity index is 606. The van der Waals surface area contributed by atoms with E-state index in [1.165, 1.54) is 116 Å². The molecule has 0 aliphatic rings. The summed E-state index contributed by atoms with van der Waals surface area (Å²) in [5, 5.41) is 17.9. The first kappa shape index (κ1) is 30.3. The third-order valence-corrected chi connectivity index (χ3v) is 6.71. The van der Waals surface area contributed by atoms with E-state index in [1.54, 1.807) is 12.1 Å². The Balaban J connectivity index is 1.70. The van der Waals surface area contributed by atoms with Gasteiger partial charge in [0.25, 0.3) is 0 Å². The molecule has 0 saturated carbocycles. The van der Waals surface area contributed by atoms with Gasteiger partial charge in [0.15, 0.2) is 0 Å². The summed E-state index contributed by atoms with van der Waals surface area (Å²) in [5.74, 6) is -0.328. The van der Waals surface area contributed by atoms with Gasteiger partial charge in [-0.25, -0.2) is 0 Å². The second-order valence-electron chi connectivity index (χ2n) is 10.00. The second-order valence-corrected chi connectivity index (χ2v) is 10.00. The Morgan fingerprint density at radius 1 is 0.559 bits per heavy atom. The van der Waals surface area contributed by atoms with E-state index in [9.17, 15) is 9.90 Å². The summed E-state index contributed by atoms with van der Waals surface area (Å²) in [6, 6.07) is 7.38. The fourth-order valence-electron chi connectivity index (χ4n) is 4.53. The second kappa shape index (κ2) is 23.0. The van der Waals surface area contributed by atoms with Crippen LogP contribution in [0.3, 0.4) is 0 Å². The van der Waals surface area contributed by atoms with Crippen molar-refractivity contribution in [3.05, 3.63) is 35.9 Å². The zero-order valence-electron chi connectivity index (χ0n) is 21.8. The van der Waals surface area contributed by atoms with Crippen molar-refractivity contribution in [1.82, 2.24) is 0 Å². The zero-order valence-corrected chi connectivity index (χ0v) is 21.8. The highest BCUT2D eigenvalue weighted by Gasteiger charge is 1.97. The molecule has 2 N–H and O–H groups in total. The highest BCUT2D eigenvalue weighted by atomic mass is 16.4. The Labute approximate surface area is 210 Å². The van der Waals surface area contributed by atoms with Crippen LogP contribution < -0.4 is 0 Å². The smallest absolute Gasteiger partial charge is 0.303 e. The van der Waals surface area contributed by atoms with Gasteiger partial charge >= 0.3 is 5.97 Å². The lowest BCUT2D eigenvalue weighted by molar-refractivity contribution is -0.137. The van der Waals surface area contributed by atoms with Crippen molar-refractivity contribution >= 4 is 12.0 Å². The number of carboxylic acid groups (broad SMARTS) is 1. The predicted molar refractivity (Wildman–Crippen MR) is 146 cm³/mol. The molecule has 0 unspecified atom stereocenters. The van der Waals surface area contributed by atoms with E-state index < -0.39 is 5.97 Å². The average molecular weight is 473 g/mol. The first-order valence-corrected chi connectivity index (χ1v) is 14.4. The monoisotopic (exact) mass is 472 g/mol. The number of aliphatic carboxylic acids is 1. The Morgan fingerprint density at radius 3 is 1.29 bits per heavy atom. The van der Waals surface area contributed by atoms with Crippen LogP contribution in [-0.4, -0.2) is 16.2 Å². The van der Waals surface area contributed by atoms with Gasteiger partial charge in [0, 0.05) is 6.42 Å². The number of rotatable bonds is 24. The summed E-state index contributed by atoms with van der Waals surface area (Å²) in [6.07, 6.45) is 32.4. The minimum Gasteiger partial charge on any atom is -0.508 e. The van der Waals surface area contributed by atoms with Gasteiger partial charge in [0.2, 0.25) is 0 Å². The van der Waals surface area contributed by atoms with E-state index >= 15 is 0 Å². The van der Waals surface area contributed by atoms with Gasteiger partial charge in [0.1, 0.15) is 5.75 Å². The Hall–Kier alpha value is -1.77. The number of aromatic hydroxyl groups is 1. The van der Waals surface area contributed by atoms with Crippen LogP contribution in [0.4, 0.5) is 0 Å². The van der Waals surface area contributed by atoms with E-state index in [1.807, 2.05) is 12.1 Å². The maximum absolute atomic E-state index is 10.4. The van der Waals surface area contributed by atoms with Gasteiger partial charge in [-0.1, -0.05) is 140 Å². The summed E-state index contributed by atoms with van der Waals surface area (Å²) in [6.45, 7) is 0. The normalized spacial score (nSPS) is 11.4. The van der Waals surface area contributed by atoms with Gasteiger partial charge in [-0.3, -0.25) is 4.79 Å². The largest absolute Gasteiger partial charge is 0.508 e. The molecule has 0 amide bonds. The van der Waals surface area contributed by atoms with Crippen molar-refractivity contribution in [2.75, 3.05) is 0 Å². The summed E-state index contributed by atoms with van der Waals surface area (Å²) < 4.78 is 0. The SMILES string of the molecule is O=C(O)CCCCCCCCCCCCCCCCCCCCCC/C=C/c1ccc(O)cc1. The van der Waals surface area contributed by atoms with Crippen molar-refractivity contribution in [1.29, 1.82) is 0 Å².